The number of carbonyl (C=O) groups is 1. The smallest absolute Gasteiger partial charge is 0.235 e. The van der Waals surface area contributed by atoms with Crippen LogP contribution >= 0.6 is 0 Å². The highest BCUT2D eigenvalue weighted by atomic mass is 16.7. The summed E-state index contributed by atoms with van der Waals surface area (Å²) in [6.45, 7) is 3.00. The van der Waals surface area contributed by atoms with Crippen molar-refractivity contribution >= 4 is 11.6 Å². The highest BCUT2D eigenvalue weighted by Crippen LogP contribution is 2.44. The van der Waals surface area contributed by atoms with Crippen molar-refractivity contribution in [3.05, 3.63) is 71.8 Å². The minimum absolute atomic E-state index is 0.0595. The van der Waals surface area contributed by atoms with Crippen molar-refractivity contribution in [2.75, 3.05) is 12.1 Å². The molecule has 0 spiro atoms. The zero-order valence-corrected chi connectivity index (χ0v) is 17.8. The first kappa shape index (κ1) is 19.7. The quantitative estimate of drug-likeness (QED) is 0.647. The first-order valence-electron chi connectivity index (χ1n) is 10.9. The van der Waals surface area contributed by atoms with E-state index in [2.05, 4.69) is 27.0 Å². The van der Waals surface area contributed by atoms with Gasteiger partial charge in [0.05, 0.1) is 5.41 Å². The molecule has 0 radical (unpaired) electrons. The molecule has 1 aliphatic carbocycles. The summed E-state index contributed by atoms with van der Waals surface area (Å²) in [5, 5.41) is 3.19. The molecular formula is C25H27N3O3. The standard InChI is InChI=1S/C25H27N3O3/c1-18-26-13-14-28(18)16-19-5-8-21(9-6-19)27-24(29)25(11-3-2-4-12-25)20-7-10-22-23(15-20)31-17-30-22/h5-10,13-15H,2-4,11-12,16-17H2,1H3,(H,27,29). The fraction of sp³-hybridized carbons (Fsp3) is 0.360. The molecule has 1 saturated carbocycles. The van der Waals surface area contributed by atoms with Gasteiger partial charge in [-0.15, -0.1) is 0 Å². The van der Waals surface area contributed by atoms with Gasteiger partial charge in [-0.3, -0.25) is 4.79 Å². The second kappa shape index (κ2) is 8.10. The number of hydrogen-bond acceptors (Lipinski definition) is 4. The van der Waals surface area contributed by atoms with Crippen LogP contribution in [0.5, 0.6) is 11.5 Å². The van der Waals surface area contributed by atoms with Gasteiger partial charge in [0.2, 0.25) is 12.7 Å². The Hall–Kier alpha value is -3.28. The molecule has 6 nitrogen and oxygen atoms in total. The Kier molecular flexibility index (Phi) is 5.14. The number of aromatic nitrogens is 2. The molecule has 0 saturated heterocycles. The number of anilines is 1. The number of fused-ring (bicyclic) bond motifs is 1. The first-order valence-corrected chi connectivity index (χ1v) is 10.9. The third-order valence-corrected chi connectivity index (χ3v) is 6.56. The van der Waals surface area contributed by atoms with Crippen molar-refractivity contribution in [1.29, 1.82) is 0 Å². The average Bonchev–Trinajstić information content (AvgIpc) is 3.44. The average molecular weight is 418 g/mol. The molecule has 0 unspecified atom stereocenters. The number of imidazole rings is 1. The minimum atomic E-state index is -0.536. The molecule has 160 valence electrons. The Morgan fingerprint density at radius 3 is 2.58 bits per heavy atom. The van der Waals surface area contributed by atoms with Crippen LogP contribution in [0.15, 0.2) is 54.9 Å². The molecule has 1 aromatic heterocycles. The molecule has 6 heteroatoms. The molecule has 0 atom stereocenters. The lowest BCUT2D eigenvalue weighted by atomic mass is 9.68. The van der Waals surface area contributed by atoms with E-state index in [1.807, 2.05) is 49.6 Å². The topological polar surface area (TPSA) is 65.4 Å². The van der Waals surface area contributed by atoms with Gasteiger partial charge in [-0.25, -0.2) is 4.98 Å². The number of rotatable bonds is 5. The van der Waals surface area contributed by atoms with Crippen LogP contribution < -0.4 is 14.8 Å². The summed E-state index contributed by atoms with van der Waals surface area (Å²) in [6.07, 6.45) is 8.73. The largest absolute Gasteiger partial charge is 0.454 e. The van der Waals surface area contributed by atoms with Crippen molar-refractivity contribution in [2.45, 2.75) is 51.0 Å². The van der Waals surface area contributed by atoms with Crippen LogP contribution in [0, 0.1) is 6.92 Å². The number of aryl methyl sites for hydroxylation is 1. The van der Waals surface area contributed by atoms with Crippen LogP contribution in [-0.2, 0) is 16.8 Å². The Balaban J connectivity index is 1.36. The summed E-state index contributed by atoms with van der Waals surface area (Å²) >= 11 is 0. The molecule has 1 amide bonds. The minimum Gasteiger partial charge on any atom is -0.454 e. The maximum Gasteiger partial charge on any atom is 0.235 e. The second-order valence-corrected chi connectivity index (χ2v) is 8.46. The van der Waals surface area contributed by atoms with Gasteiger partial charge < -0.3 is 19.4 Å². The van der Waals surface area contributed by atoms with E-state index >= 15 is 0 Å². The van der Waals surface area contributed by atoms with Crippen LogP contribution in [0.2, 0.25) is 0 Å². The molecule has 5 rings (SSSR count). The molecule has 1 fully saturated rings. The maximum atomic E-state index is 13.6. The zero-order chi connectivity index (χ0) is 21.3. The van der Waals surface area contributed by atoms with E-state index in [0.717, 1.165) is 60.8 Å². The second-order valence-electron chi connectivity index (χ2n) is 8.46. The lowest BCUT2D eigenvalue weighted by Gasteiger charge is -2.36. The van der Waals surface area contributed by atoms with Gasteiger partial charge >= 0.3 is 0 Å². The maximum absolute atomic E-state index is 13.6. The van der Waals surface area contributed by atoms with Crippen molar-refractivity contribution in [3.63, 3.8) is 0 Å². The third-order valence-electron chi connectivity index (χ3n) is 6.56. The van der Waals surface area contributed by atoms with E-state index in [4.69, 9.17) is 9.47 Å². The summed E-state index contributed by atoms with van der Waals surface area (Å²) < 4.78 is 13.1. The lowest BCUT2D eigenvalue weighted by Crippen LogP contribution is -2.42. The lowest BCUT2D eigenvalue weighted by molar-refractivity contribution is -0.122. The summed E-state index contributed by atoms with van der Waals surface area (Å²) in [5.74, 6) is 2.53. The van der Waals surface area contributed by atoms with E-state index in [9.17, 15) is 4.79 Å². The highest BCUT2D eigenvalue weighted by Gasteiger charge is 2.42. The molecule has 31 heavy (non-hydrogen) atoms. The number of nitrogens with one attached hydrogen (secondary N) is 1. The van der Waals surface area contributed by atoms with Crippen LogP contribution in [-0.4, -0.2) is 22.3 Å². The molecule has 1 aliphatic heterocycles. The van der Waals surface area contributed by atoms with Gasteiger partial charge in [0.15, 0.2) is 11.5 Å². The van der Waals surface area contributed by atoms with Gasteiger partial charge in [0.1, 0.15) is 5.82 Å². The first-order chi connectivity index (χ1) is 15.1. The predicted octanol–water partition coefficient (Wildman–Crippen LogP) is 4.81. The van der Waals surface area contributed by atoms with Crippen molar-refractivity contribution in [1.82, 2.24) is 9.55 Å². The number of benzene rings is 2. The number of ether oxygens (including phenoxy) is 2. The van der Waals surface area contributed by atoms with Gasteiger partial charge in [-0.05, 0) is 55.2 Å². The molecular weight excluding hydrogens is 390 g/mol. The molecule has 3 aromatic rings. The van der Waals surface area contributed by atoms with Gasteiger partial charge in [0, 0.05) is 24.6 Å². The van der Waals surface area contributed by atoms with Crippen molar-refractivity contribution in [2.24, 2.45) is 0 Å². The van der Waals surface area contributed by atoms with Crippen LogP contribution in [0.1, 0.15) is 49.1 Å². The predicted molar refractivity (Wildman–Crippen MR) is 118 cm³/mol. The highest BCUT2D eigenvalue weighted by molar-refractivity contribution is 5.99. The molecule has 1 N–H and O–H groups in total. The Labute approximate surface area is 182 Å². The SMILES string of the molecule is Cc1nccn1Cc1ccc(NC(=O)C2(c3ccc4c(c3)OCO4)CCCCC2)cc1. The van der Waals surface area contributed by atoms with Crippen molar-refractivity contribution in [3.8, 4) is 11.5 Å². The van der Waals surface area contributed by atoms with Crippen LogP contribution in [0.4, 0.5) is 5.69 Å². The van der Waals surface area contributed by atoms with Gasteiger partial charge in [-0.1, -0.05) is 37.5 Å². The summed E-state index contributed by atoms with van der Waals surface area (Å²) in [6, 6.07) is 14.0. The van der Waals surface area contributed by atoms with E-state index in [0.29, 0.717) is 0 Å². The Bertz CT molecular complexity index is 1080. The number of nitrogens with zero attached hydrogens (tertiary/aromatic N) is 2. The summed E-state index contributed by atoms with van der Waals surface area (Å²) in [5.41, 5.74) is 2.47. The molecule has 2 aromatic carbocycles. The van der Waals surface area contributed by atoms with Gasteiger partial charge in [0.25, 0.3) is 0 Å². The van der Waals surface area contributed by atoms with Crippen LogP contribution in [0.3, 0.4) is 0 Å². The van der Waals surface area contributed by atoms with Crippen LogP contribution in [0.25, 0.3) is 0 Å². The van der Waals surface area contributed by atoms with Crippen molar-refractivity contribution < 1.29 is 14.3 Å². The normalized spacial score (nSPS) is 16.8. The monoisotopic (exact) mass is 417 g/mol. The Morgan fingerprint density at radius 1 is 1.06 bits per heavy atom. The summed E-state index contributed by atoms with van der Waals surface area (Å²) in [4.78, 5) is 17.8. The van der Waals surface area contributed by atoms with E-state index < -0.39 is 5.41 Å². The van der Waals surface area contributed by atoms with Gasteiger partial charge in [-0.2, -0.15) is 0 Å². The third kappa shape index (κ3) is 3.78. The Morgan fingerprint density at radius 2 is 1.84 bits per heavy atom. The molecule has 0 bridgehead atoms. The fourth-order valence-corrected chi connectivity index (χ4v) is 4.71. The number of hydrogen-bond donors (Lipinski definition) is 1. The molecule has 2 aliphatic rings. The number of carbonyl (C=O) groups excluding carboxylic acids is 1. The number of amides is 1. The van der Waals surface area contributed by atoms with E-state index in [-0.39, 0.29) is 12.7 Å². The van der Waals surface area contributed by atoms with E-state index in [1.165, 1.54) is 12.0 Å². The van der Waals surface area contributed by atoms with E-state index in [1.54, 1.807) is 0 Å². The zero-order valence-electron chi connectivity index (χ0n) is 17.8. The summed E-state index contributed by atoms with van der Waals surface area (Å²) in [7, 11) is 0. The molecule has 2 heterocycles. The fourth-order valence-electron chi connectivity index (χ4n) is 4.71.